The normalized spacial score (nSPS) is 11.2. The highest BCUT2D eigenvalue weighted by Gasteiger charge is 2.16. The molecular weight excluding hydrogens is 744 g/mol. The van der Waals surface area contributed by atoms with Crippen LogP contribution in [0.5, 0.6) is 0 Å². The molecule has 4 aromatic carbocycles. The van der Waals surface area contributed by atoms with Crippen LogP contribution in [0, 0.1) is 13.8 Å². The first-order valence-electron chi connectivity index (χ1n) is 16.8. The minimum Gasteiger partial charge on any atom is -0.478 e. The number of benzene rings is 4. The molecule has 0 bridgehead atoms. The zero-order valence-corrected chi connectivity index (χ0v) is 30.2. The summed E-state index contributed by atoms with van der Waals surface area (Å²) in [6, 6.07) is 16.9. The fraction of sp³-hybridized carbons (Fsp3) is 0.162. The minimum atomic E-state index is -1.31. The number of carboxylic acids is 4. The molecule has 0 saturated carbocycles. The summed E-state index contributed by atoms with van der Waals surface area (Å²) in [5.74, 6) is -4.93. The number of rotatable bonds is 17. The molecule has 0 unspecified atom stereocenters. The van der Waals surface area contributed by atoms with E-state index >= 15 is 0 Å². The highest BCUT2D eigenvalue weighted by Crippen LogP contribution is 2.30. The number of nitrogens with one attached hydrogen (secondary N) is 2. The molecule has 0 amide bonds. The monoisotopic (exact) mass is 778 g/mol. The van der Waals surface area contributed by atoms with E-state index in [9.17, 15) is 49.8 Å². The van der Waals surface area contributed by atoms with E-state index < -0.39 is 23.9 Å². The van der Waals surface area contributed by atoms with Gasteiger partial charge in [0.05, 0.1) is 58.2 Å². The second kappa shape index (κ2) is 18.1. The summed E-state index contributed by atoms with van der Waals surface area (Å²) in [5.41, 5.74) is 2.21. The number of aromatic nitrogens is 3. The number of aryl methyl sites for hydroxylation is 2. The Kier molecular flexibility index (Phi) is 12.8. The van der Waals surface area contributed by atoms with Crippen LogP contribution in [0.2, 0.25) is 0 Å². The van der Waals surface area contributed by atoms with Crippen LogP contribution in [-0.2, 0) is 0 Å². The maximum absolute atomic E-state index is 11.5. The quantitative estimate of drug-likeness (QED) is 0.0474. The molecule has 1 heterocycles. The fourth-order valence-electron chi connectivity index (χ4n) is 5.18. The van der Waals surface area contributed by atoms with Crippen LogP contribution in [0.25, 0.3) is 0 Å². The second-order valence-electron chi connectivity index (χ2n) is 12.1. The van der Waals surface area contributed by atoms with E-state index in [1.807, 2.05) is 0 Å². The molecular formula is C37H34N10O10. The van der Waals surface area contributed by atoms with E-state index in [4.69, 9.17) is 0 Å². The number of nitrogens with zero attached hydrogens (tertiary/aromatic N) is 8. The standard InChI is InChI=1S/C37H34N10O10/c1-19-11-25(3-5-29(19)45-43-27-15-21(31(50)51)13-22(16-27)32(52)53)38-35-40-36(42-37(41-35)47(7-9-48)8-10-49)39-26-4-6-30(20(2)12-26)46-44-28-17-23(33(54)55)14-24(18-28)34(56)57/h3-6,11-18,48-49H,7-10H2,1-2H3,(H,50,51)(H,52,53)(H,54,55)(H,56,57)(H2,38,39,40,41,42). The Morgan fingerprint density at radius 1 is 0.544 bits per heavy atom. The minimum absolute atomic E-state index is 0.0375. The molecule has 0 saturated heterocycles. The Balaban J connectivity index is 1.40. The summed E-state index contributed by atoms with van der Waals surface area (Å²) in [6.45, 7) is 3.20. The Morgan fingerprint density at radius 2 is 0.912 bits per heavy atom. The highest BCUT2D eigenvalue weighted by atomic mass is 16.4. The van der Waals surface area contributed by atoms with Gasteiger partial charge in [0.15, 0.2) is 0 Å². The number of hydrogen-bond donors (Lipinski definition) is 8. The van der Waals surface area contributed by atoms with Crippen molar-refractivity contribution in [3.8, 4) is 0 Å². The molecule has 0 aliphatic rings. The Morgan fingerprint density at radius 3 is 1.23 bits per heavy atom. The van der Waals surface area contributed by atoms with Crippen molar-refractivity contribution in [3.63, 3.8) is 0 Å². The third-order valence-corrected chi connectivity index (χ3v) is 7.92. The number of carbonyl (C=O) groups is 4. The molecule has 5 aromatic rings. The average Bonchev–Trinajstić information content (AvgIpc) is 3.16. The van der Waals surface area contributed by atoms with Crippen molar-refractivity contribution >= 4 is 75.8 Å². The van der Waals surface area contributed by atoms with Gasteiger partial charge in [-0.2, -0.15) is 35.4 Å². The van der Waals surface area contributed by atoms with E-state index in [0.29, 0.717) is 33.9 Å². The van der Waals surface area contributed by atoms with E-state index in [1.165, 1.54) is 24.3 Å². The lowest BCUT2D eigenvalue weighted by molar-refractivity contribution is 0.0676. The van der Waals surface area contributed by atoms with Crippen LogP contribution in [0.3, 0.4) is 0 Å². The molecule has 0 fully saturated rings. The van der Waals surface area contributed by atoms with Crippen LogP contribution in [0.1, 0.15) is 52.6 Å². The van der Waals surface area contributed by atoms with Crippen molar-refractivity contribution in [2.75, 3.05) is 41.8 Å². The maximum atomic E-state index is 11.5. The van der Waals surface area contributed by atoms with Crippen molar-refractivity contribution in [2.24, 2.45) is 20.5 Å². The topological polar surface area (TPSA) is 305 Å². The molecule has 0 spiro atoms. The molecule has 5 rings (SSSR count). The van der Waals surface area contributed by atoms with Gasteiger partial charge < -0.3 is 46.2 Å². The predicted molar refractivity (Wildman–Crippen MR) is 204 cm³/mol. The molecule has 8 N–H and O–H groups in total. The Bertz CT molecular complexity index is 2200. The van der Waals surface area contributed by atoms with Gasteiger partial charge in [0, 0.05) is 24.5 Å². The molecule has 0 aliphatic heterocycles. The van der Waals surface area contributed by atoms with Crippen molar-refractivity contribution in [3.05, 3.63) is 106 Å². The maximum Gasteiger partial charge on any atom is 0.335 e. The van der Waals surface area contributed by atoms with Gasteiger partial charge in [-0.15, -0.1) is 0 Å². The van der Waals surface area contributed by atoms with Gasteiger partial charge in [-0.25, -0.2) is 19.2 Å². The first kappa shape index (κ1) is 40.5. The van der Waals surface area contributed by atoms with E-state index in [1.54, 1.807) is 55.1 Å². The van der Waals surface area contributed by atoms with Gasteiger partial charge >= 0.3 is 23.9 Å². The first-order valence-corrected chi connectivity index (χ1v) is 16.8. The largest absolute Gasteiger partial charge is 0.478 e. The van der Waals surface area contributed by atoms with Gasteiger partial charge in [0.25, 0.3) is 0 Å². The SMILES string of the molecule is Cc1cc(Nc2nc(Nc3ccc(N=Nc4cc(C(=O)O)cc(C(=O)O)c4)c(C)c3)nc(N(CCO)CCO)n2)ccc1N=Nc1cc(C(=O)O)cc(C(=O)O)c1. The van der Waals surface area contributed by atoms with E-state index in [2.05, 4.69) is 46.0 Å². The van der Waals surface area contributed by atoms with Gasteiger partial charge in [-0.1, -0.05) is 0 Å². The molecule has 0 aliphatic carbocycles. The number of aliphatic hydroxyl groups excluding tert-OH is 2. The van der Waals surface area contributed by atoms with Crippen LogP contribution < -0.4 is 15.5 Å². The third kappa shape index (κ3) is 10.7. The summed E-state index contributed by atoms with van der Waals surface area (Å²) in [5, 5.41) is 79.4. The van der Waals surface area contributed by atoms with Gasteiger partial charge in [0.1, 0.15) is 0 Å². The molecule has 20 heteroatoms. The fourth-order valence-corrected chi connectivity index (χ4v) is 5.18. The lowest BCUT2D eigenvalue weighted by Crippen LogP contribution is -2.31. The smallest absolute Gasteiger partial charge is 0.335 e. The lowest BCUT2D eigenvalue weighted by atomic mass is 10.1. The van der Waals surface area contributed by atoms with Gasteiger partial charge in [-0.05, 0) is 97.8 Å². The predicted octanol–water partition coefficient (Wildman–Crippen LogP) is 6.39. The van der Waals surface area contributed by atoms with Crippen molar-refractivity contribution in [2.45, 2.75) is 13.8 Å². The number of hydrogen-bond acceptors (Lipinski definition) is 16. The third-order valence-electron chi connectivity index (χ3n) is 7.92. The van der Waals surface area contributed by atoms with Crippen molar-refractivity contribution < 1.29 is 49.8 Å². The van der Waals surface area contributed by atoms with Crippen LogP contribution >= 0.6 is 0 Å². The summed E-state index contributed by atoms with van der Waals surface area (Å²) in [7, 11) is 0. The molecule has 20 nitrogen and oxygen atoms in total. The Hall–Kier alpha value is -7.71. The van der Waals surface area contributed by atoms with Gasteiger partial charge in [0.2, 0.25) is 17.8 Å². The molecule has 57 heavy (non-hydrogen) atoms. The molecule has 0 atom stereocenters. The highest BCUT2D eigenvalue weighted by molar-refractivity contribution is 5.96. The molecule has 0 radical (unpaired) electrons. The zero-order valence-electron chi connectivity index (χ0n) is 30.2. The molecule has 1 aromatic heterocycles. The first-order chi connectivity index (χ1) is 27.2. The van der Waals surface area contributed by atoms with E-state index in [0.717, 1.165) is 12.1 Å². The number of aliphatic hydroxyl groups is 2. The summed E-state index contributed by atoms with van der Waals surface area (Å²) in [6.07, 6.45) is 0. The number of azo groups is 2. The van der Waals surface area contributed by atoms with Crippen LogP contribution in [0.4, 0.5) is 52.0 Å². The summed E-state index contributed by atoms with van der Waals surface area (Å²) >= 11 is 0. The van der Waals surface area contributed by atoms with Crippen LogP contribution in [-0.4, -0.2) is 95.8 Å². The number of anilines is 5. The van der Waals surface area contributed by atoms with Crippen LogP contribution in [0.15, 0.2) is 93.3 Å². The Labute approximate surface area is 322 Å². The van der Waals surface area contributed by atoms with Gasteiger partial charge in [-0.3, -0.25) is 0 Å². The lowest BCUT2D eigenvalue weighted by Gasteiger charge is -2.21. The van der Waals surface area contributed by atoms with Crippen molar-refractivity contribution in [1.29, 1.82) is 0 Å². The molecule has 292 valence electrons. The second-order valence-corrected chi connectivity index (χ2v) is 12.1. The summed E-state index contributed by atoms with van der Waals surface area (Å²) in [4.78, 5) is 60.9. The number of aromatic carboxylic acids is 4. The summed E-state index contributed by atoms with van der Waals surface area (Å²) < 4.78 is 0. The van der Waals surface area contributed by atoms with Crippen molar-refractivity contribution in [1.82, 2.24) is 15.0 Å². The average molecular weight is 779 g/mol. The number of carboxylic acid groups (broad SMARTS) is 4. The zero-order chi connectivity index (χ0) is 41.2. The van der Waals surface area contributed by atoms with E-state index in [-0.39, 0.29) is 77.8 Å².